The lowest BCUT2D eigenvalue weighted by atomic mass is 9.89. The van der Waals surface area contributed by atoms with Crippen LogP contribution in [0, 0.1) is 5.92 Å². The number of carbonyl (C=O) groups excluding carboxylic acids is 1. The molecule has 1 aliphatic carbocycles. The van der Waals surface area contributed by atoms with E-state index in [1.165, 1.54) is 37.7 Å². The molecule has 2 fully saturated rings. The van der Waals surface area contributed by atoms with Crippen molar-refractivity contribution in [3.05, 3.63) is 48.2 Å². The highest BCUT2D eigenvalue weighted by Gasteiger charge is 2.32. The van der Waals surface area contributed by atoms with Gasteiger partial charge in [-0.15, -0.1) is 0 Å². The molecule has 0 bridgehead atoms. The molecule has 0 spiro atoms. The van der Waals surface area contributed by atoms with Crippen LogP contribution in [0.3, 0.4) is 0 Å². The molecule has 3 N–H and O–H groups in total. The first-order chi connectivity index (χ1) is 13.7. The van der Waals surface area contributed by atoms with Crippen molar-refractivity contribution in [3.63, 3.8) is 0 Å². The van der Waals surface area contributed by atoms with Gasteiger partial charge in [0.15, 0.2) is 0 Å². The van der Waals surface area contributed by atoms with E-state index in [1.807, 2.05) is 28.9 Å². The van der Waals surface area contributed by atoms with Gasteiger partial charge in [0.1, 0.15) is 5.82 Å². The Morgan fingerprint density at radius 2 is 1.89 bits per heavy atom. The second kappa shape index (κ2) is 8.88. The van der Waals surface area contributed by atoms with E-state index in [2.05, 4.69) is 27.4 Å². The number of hydrogen-bond acceptors (Lipinski definition) is 4. The van der Waals surface area contributed by atoms with Crippen LogP contribution in [0.15, 0.2) is 42.6 Å². The van der Waals surface area contributed by atoms with E-state index in [-0.39, 0.29) is 17.9 Å². The average molecular weight is 382 g/mol. The zero-order chi connectivity index (χ0) is 19.3. The summed E-state index contributed by atoms with van der Waals surface area (Å²) in [5.74, 6) is 1.77. The van der Waals surface area contributed by atoms with Crippen LogP contribution in [0.5, 0.6) is 0 Å². The molecular weight excluding hydrogens is 350 g/mol. The van der Waals surface area contributed by atoms with Crippen molar-refractivity contribution in [2.45, 2.75) is 50.6 Å². The van der Waals surface area contributed by atoms with E-state index in [9.17, 15) is 4.79 Å². The van der Waals surface area contributed by atoms with Crippen molar-refractivity contribution in [2.75, 3.05) is 25.0 Å². The van der Waals surface area contributed by atoms with Gasteiger partial charge in [-0.05, 0) is 24.3 Å². The number of nitrogens with one attached hydrogen (secondary N) is 1. The lowest BCUT2D eigenvalue weighted by Crippen LogP contribution is -2.34. The van der Waals surface area contributed by atoms with Crippen LogP contribution in [0.4, 0.5) is 5.82 Å². The molecule has 0 radical (unpaired) electrons. The average Bonchev–Trinajstić information content (AvgIpc) is 3.29. The third-order valence-corrected chi connectivity index (χ3v) is 6.18. The van der Waals surface area contributed by atoms with Crippen LogP contribution in [0.1, 0.15) is 43.6 Å². The minimum Gasteiger partial charge on any atom is -0.326 e. The smallest absolute Gasteiger partial charge is 0.239 e. The van der Waals surface area contributed by atoms with Crippen LogP contribution < -0.4 is 11.1 Å². The molecular formula is C22H31N5O. The van der Waals surface area contributed by atoms with Crippen molar-refractivity contribution in [2.24, 2.45) is 11.7 Å². The van der Waals surface area contributed by atoms with Crippen LogP contribution in [-0.4, -0.2) is 46.3 Å². The van der Waals surface area contributed by atoms with Crippen molar-refractivity contribution < 1.29 is 4.79 Å². The molecule has 1 aromatic heterocycles. The Morgan fingerprint density at radius 1 is 1.11 bits per heavy atom. The maximum absolute atomic E-state index is 12.6. The fraction of sp³-hybridized carbons (Fsp3) is 0.545. The Balaban J connectivity index is 1.31. The standard InChI is InChI=1S/C22H31N5O/c23-20-15-26(14-19(20)18-9-5-2-6-10-18)16-22(28)25-21-11-12-24-27(21)13-17-7-3-1-4-8-17/h2,5-6,9-12,17,19-20H,1,3-4,7-8,13-16,23H2,(H,25,28)/t19-,20+/m0/s1. The van der Waals surface area contributed by atoms with Gasteiger partial charge in [-0.1, -0.05) is 49.6 Å². The van der Waals surface area contributed by atoms with Gasteiger partial charge < -0.3 is 11.1 Å². The number of hydrogen-bond donors (Lipinski definition) is 2. The van der Waals surface area contributed by atoms with Crippen LogP contribution in [-0.2, 0) is 11.3 Å². The maximum Gasteiger partial charge on any atom is 0.239 e. The zero-order valence-electron chi connectivity index (χ0n) is 16.5. The molecule has 2 heterocycles. The lowest BCUT2D eigenvalue weighted by Gasteiger charge is -2.22. The first kappa shape index (κ1) is 19.2. The highest BCUT2D eigenvalue weighted by atomic mass is 16.2. The molecule has 2 atom stereocenters. The van der Waals surface area contributed by atoms with E-state index in [1.54, 1.807) is 6.20 Å². The molecule has 1 saturated carbocycles. The highest BCUT2D eigenvalue weighted by molar-refractivity contribution is 5.91. The molecule has 1 saturated heterocycles. The Morgan fingerprint density at radius 3 is 2.68 bits per heavy atom. The highest BCUT2D eigenvalue weighted by Crippen LogP contribution is 2.27. The summed E-state index contributed by atoms with van der Waals surface area (Å²) < 4.78 is 1.95. The summed E-state index contributed by atoms with van der Waals surface area (Å²) in [6.45, 7) is 2.83. The number of nitrogens with two attached hydrogens (primary N) is 1. The summed E-state index contributed by atoms with van der Waals surface area (Å²) >= 11 is 0. The molecule has 1 aliphatic heterocycles. The largest absolute Gasteiger partial charge is 0.326 e. The number of nitrogens with zero attached hydrogens (tertiary/aromatic N) is 3. The molecule has 6 heteroatoms. The summed E-state index contributed by atoms with van der Waals surface area (Å²) in [5.41, 5.74) is 7.61. The second-order valence-corrected chi connectivity index (χ2v) is 8.33. The molecule has 4 rings (SSSR count). The quantitative estimate of drug-likeness (QED) is 0.807. The van der Waals surface area contributed by atoms with Crippen molar-refractivity contribution in [3.8, 4) is 0 Å². The predicted molar refractivity (Wildman–Crippen MR) is 111 cm³/mol. The minimum absolute atomic E-state index is 0.00584. The summed E-state index contributed by atoms with van der Waals surface area (Å²) in [4.78, 5) is 14.8. The van der Waals surface area contributed by atoms with E-state index in [4.69, 9.17) is 5.73 Å². The fourth-order valence-electron chi connectivity index (χ4n) is 4.68. The van der Waals surface area contributed by atoms with Gasteiger partial charge in [0.05, 0.1) is 12.7 Å². The van der Waals surface area contributed by atoms with Crippen molar-refractivity contribution >= 4 is 11.7 Å². The number of rotatable bonds is 6. The molecule has 2 aliphatic rings. The molecule has 150 valence electrons. The van der Waals surface area contributed by atoms with E-state index in [0.717, 1.165) is 25.5 Å². The number of carbonyl (C=O) groups is 1. The first-order valence-electron chi connectivity index (χ1n) is 10.5. The van der Waals surface area contributed by atoms with Gasteiger partial charge in [0.25, 0.3) is 0 Å². The third-order valence-electron chi connectivity index (χ3n) is 6.18. The van der Waals surface area contributed by atoms with Gasteiger partial charge in [-0.25, -0.2) is 4.68 Å². The van der Waals surface area contributed by atoms with Gasteiger partial charge in [0, 0.05) is 37.7 Å². The molecule has 1 amide bonds. The first-order valence-corrected chi connectivity index (χ1v) is 10.5. The van der Waals surface area contributed by atoms with Crippen molar-refractivity contribution in [1.82, 2.24) is 14.7 Å². The molecule has 28 heavy (non-hydrogen) atoms. The Hall–Kier alpha value is -2.18. The maximum atomic E-state index is 12.6. The minimum atomic E-state index is 0.00584. The lowest BCUT2D eigenvalue weighted by molar-refractivity contribution is -0.117. The van der Waals surface area contributed by atoms with Crippen LogP contribution >= 0.6 is 0 Å². The summed E-state index contributed by atoms with van der Waals surface area (Å²) in [6.07, 6.45) is 8.27. The summed E-state index contributed by atoms with van der Waals surface area (Å²) in [5, 5.41) is 7.48. The van der Waals surface area contributed by atoms with Gasteiger partial charge >= 0.3 is 0 Å². The summed E-state index contributed by atoms with van der Waals surface area (Å²) in [7, 11) is 0. The third kappa shape index (κ3) is 4.62. The predicted octanol–water partition coefficient (Wildman–Crippen LogP) is 2.83. The zero-order valence-corrected chi connectivity index (χ0v) is 16.5. The fourth-order valence-corrected chi connectivity index (χ4v) is 4.68. The molecule has 2 aromatic rings. The van der Waals surface area contributed by atoms with E-state index < -0.39 is 0 Å². The Bertz CT molecular complexity index is 768. The van der Waals surface area contributed by atoms with E-state index >= 15 is 0 Å². The Kier molecular flexibility index (Phi) is 6.07. The Labute approximate surface area is 167 Å². The number of aromatic nitrogens is 2. The number of anilines is 1. The van der Waals surface area contributed by atoms with Gasteiger partial charge in [-0.3, -0.25) is 9.69 Å². The molecule has 1 aromatic carbocycles. The monoisotopic (exact) mass is 381 g/mol. The van der Waals surface area contributed by atoms with Crippen LogP contribution in [0.25, 0.3) is 0 Å². The summed E-state index contributed by atoms with van der Waals surface area (Å²) in [6, 6.07) is 12.3. The molecule has 0 unspecified atom stereocenters. The number of amides is 1. The van der Waals surface area contributed by atoms with Crippen molar-refractivity contribution in [1.29, 1.82) is 0 Å². The molecule has 6 nitrogen and oxygen atoms in total. The van der Waals surface area contributed by atoms with Gasteiger partial charge in [-0.2, -0.15) is 5.10 Å². The van der Waals surface area contributed by atoms with Gasteiger partial charge in [0.2, 0.25) is 5.91 Å². The number of benzene rings is 1. The van der Waals surface area contributed by atoms with E-state index in [0.29, 0.717) is 12.5 Å². The topological polar surface area (TPSA) is 76.2 Å². The second-order valence-electron chi connectivity index (χ2n) is 8.33. The SMILES string of the molecule is N[C@@H]1CN(CC(=O)Nc2ccnn2CC2CCCCC2)C[C@H]1c1ccccc1. The van der Waals surface area contributed by atoms with Crippen LogP contribution in [0.2, 0.25) is 0 Å². The normalized spacial score (nSPS) is 23.8. The number of likely N-dealkylation sites (tertiary alicyclic amines) is 1.